The van der Waals surface area contributed by atoms with Crippen molar-refractivity contribution in [2.75, 3.05) is 17.2 Å². The Morgan fingerprint density at radius 2 is 1.95 bits per heavy atom. The Morgan fingerprint density at radius 1 is 1.29 bits per heavy atom. The second kappa shape index (κ2) is 6.29. The first-order valence-corrected chi connectivity index (χ1v) is 6.16. The lowest BCUT2D eigenvalue weighted by Crippen LogP contribution is -2.07. The first-order chi connectivity index (χ1) is 10.2. The van der Waals surface area contributed by atoms with Crippen LogP contribution in [-0.4, -0.2) is 21.4 Å². The number of nitrogens with zero attached hydrogens (tertiary/aromatic N) is 4. The van der Waals surface area contributed by atoms with Gasteiger partial charge in [0.2, 0.25) is 11.6 Å². The quantitative estimate of drug-likeness (QED) is 0.639. The third-order valence-electron chi connectivity index (χ3n) is 2.63. The molecule has 0 aliphatic rings. The molecule has 1 aromatic heterocycles. The summed E-state index contributed by atoms with van der Waals surface area (Å²) < 4.78 is 0. The van der Waals surface area contributed by atoms with Gasteiger partial charge in [0.25, 0.3) is 0 Å². The van der Waals surface area contributed by atoms with Crippen LogP contribution in [0.3, 0.4) is 0 Å². The molecule has 0 aliphatic carbocycles. The first-order valence-electron chi connectivity index (χ1n) is 6.16. The molecule has 0 atom stereocenters. The van der Waals surface area contributed by atoms with Gasteiger partial charge >= 0.3 is 5.69 Å². The average Bonchev–Trinajstić information content (AvgIpc) is 2.48. The van der Waals surface area contributed by atoms with Gasteiger partial charge in [-0.3, -0.25) is 10.1 Å². The fraction of sp³-hybridized carbons (Fsp3) is 0.154. The van der Waals surface area contributed by atoms with Crippen molar-refractivity contribution < 1.29 is 4.92 Å². The predicted molar refractivity (Wildman–Crippen MR) is 77.3 cm³/mol. The summed E-state index contributed by atoms with van der Waals surface area (Å²) in [6.07, 6.45) is 1.25. The molecule has 0 amide bonds. The smallest absolute Gasteiger partial charge is 0.353 e. The summed E-state index contributed by atoms with van der Waals surface area (Å²) in [5.74, 6) is 0.254. The fourth-order valence-corrected chi connectivity index (χ4v) is 1.70. The van der Waals surface area contributed by atoms with Gasteiger partial charge in [0.1, 0.15) is 6.33 Å². The van der Waals surface area contributed by atoms with Crippen molar-refractivity contribution in [1.29, 1.82) is 5.26 Å². The van der Waals surface area contributed by atoms with Crippen LogP contribution in [0.1, 0.15) is 12.5 Å². The Hall–Kier alpha value is -3.21. The standard InChI is InChI=1S/C13H12N6O2/c1-2-15-12-11(19(20)21)13(17-8-16-12)18-10-5-3-9(7-14)4-6-10/h3-6,8H,2H2,1H3,(H2,15,16,17,18). The van der Waals surface area contributed by atoms with E-state index in [-0.39, 0.29) is 17.3 Å². The van der Waals surface area contributed by atoms with E-state index in [1.165, 1.54) is 6.33 Å². The average molecular weight is 284 g/mol. The second-order valence-corrected chi connectivity index (χ2v) is 4.02. The van der Waals surface area contributed by atoms with Crippen molar-refractivity contribution in [3.63, 3.8) is 0 Å². The molecule has 8 nitrogen and oxygen atoms in total. The number of nitro groups is 1. The number of hydrogen-bond donors (Lipinski definition) is 2. The van der Waals surface area contributed by atoms with E-state index in [2.05, 4.69) is 20.6 Å². The molecule has 0 bridgehead atoms. The molecular formula is C13H12N6O2. The number of rotatable bonds is 5. The Labute approximate surface area is 120 Å². The summed E-state index contributed by atoms with van der Waals surface area (Å²) in [5, 5.41) is 25.6. The highest BCUT2D eigenvalue weighted by molar-refractivity contribution is 5.73. The van der Waals surface area contributed by atoms with E-state index in [0.717, 1.165) is 0 Å². The molecular weight excluding hydrogens is 272 g/mol. The zero-order valence-electron chi connectivity index (χ0n) is 11.2. The van der Waals surface area contributed by atoms with E-state index < -0.39 is 4.92 Å². The number of aromatic nitrogens is 2. The van der Waals surface area contributed by atoms with Gasteiger partial charge in [-0.2, -0.15) is 5.26 Å². The minimum absolute atomic E-state index is 0.0932. The van der Waals surface area contributed by atoms with Gasteiger partial charge in [0.15, 0.2) is 0 Å². The SMILES string of the molecule is CCNc1ncnc(Nc2ccc(C#N)cc2)c1[N+](=O)[O-]. The minimum atomic E-state index is -0.538. The molecule has 8 heteroatoms. The third-order valence-corrected chi connectivity index (χ3v) is 2.63. The molecule has 0 saturated carbocycles. The molecule has 2 N–H and O–H groups in total. The van der Waals surface area contributed by atoms with Crippen LogP contribution in [0.15, 0.2) is 30.6 Å². The van der Waals surface area contributed by atoms with Crippen LogP contribution >= 0.6 is 0 Å². The summed E-state index contributed by atoms with van der Waals surface area (Å²) in [6.45, 7) is 2.33. The van der Waals surface area contributed by atoms with Crippen molar-refractivity contribution in [2.24, 2.45) is 0 Å². The van der Waals surface area contributed by atoms with Crippen LogP contribution < -0.4 is 10.6 Å². The van der Waals surface area contributed by atoms with Gasteiger partial charge in [0, 0.05) is 12.2 Å². The Balaban J connectivity index is 2.36. The molecule has 1 aromatic carbocycles. The Kier molecular flexibility index (Phi) is 4.26. The van der Waals surface area contributed by atoms with Gasteiger partial charge in [-0.1, -0.05) is 0 Å². The highest BCUT2D eigenvalue weighted by Crippen LogP contribution is 2.30. The maximum Gasteiger partial charge on any atom is 0.353 e. The Bertz CT molecular complexity index is 693. The van der Waals surface area contributed by atoms with Crippen molar-refractivity contribution in [3.05, 3.63) is 46.3 Å². The van der Waals surface area contributed by atoms with E-state index in [1.54, 1.807) is 24.3 Å². The van der Waals surface area contributed by atoms with E-state index >= 15 is 0 Å². The molecule has 2 rings (SSSR count). The van der Waals surface area contributed by atoms with Gasteiger partial charge in [-0.15, -0.1) is 0 Å². The van der Waals surface area contributed by atoms with Gasteiger partial charge in [-0.25, -0.2) is 9.97 Å². The van der Waals surface area contributed by atoms with Crippen molar-refractivity contribution in [3.8, 4) is 6.07 Å². The lowest BCUT2D eigenvalue weighted by Gasteiger charge is -2.09. The molecule has 2 aromatic rings. The van der Waals surface area contributed by atoms with Crippen LogP contribution in [0.5, 0.6) is 0 Å². The fourth-order valence-electron chi connectivity index (χ4n) is 1.70. The number of nitrogens with one attached hydrogen (secondary N) is 2. The first kappa shape index (κ1) is 14.2. The molecule has 1 heterocycles. The summed E-state index contributed by atoms with van der Waals surface area (Å²) in [7, 11) is 0. The number of anilines is 3. The third kappa shape index (κ3) is 3.22. The highest BCUT2D eigenvalue weighted by Gasteiger charge is 2.22. The van der Waals surface area contributed by atoms with Crippen LogP contribution in [0, 0.1) is 21.4 Å². The van der Waals surface area contributed by atoms with Crippen LogP contribution in [0.4, 0.5) is 23.0 Å². The highest BCUT2D eigenvalue weighted by atomic mass is 16.6. The van der Waals surface area contributed by atoms with Crippen molar-refractivity contribution in [1.82, 2.24) is 9.97 Å². The van der Waals surface area contributed by atoms with Crippen LogP contribution in [0.25, 0.3) is 0 Å². The zero-order chi connectivity index (χ0) is 15.2. The number of benzene rings is 1. The van der Waals surface area contributed by atoms with Crippen molar-refractivity contribution in [2.45, 2.75) is 6.92 Å². The monoisotopic (exact) mass is 284 g/mol. The molecule has 0 saturated heterocycles. The van der Waals surface area contributed by atoms with Crippen LogP contribution in [0.2, 0.25) is 0 Å². The molecule has 0 spiro atoms. The van der Waals surface area contributed by atoms with E-state index in [1.807, 2.05) is 13.0 Å². The normalized spacial score (nSPS) is 9.71. The molecule has 0 unspecified atom stereocenters. The van der Waals surface area contributed by atoms with E-state index in [4.69, 9.17) is 5.26 Å². The maximum absolute atomic E-state index is 11.2. The lowest BCUT2D eigenvalue weighted by molar-refractivity contribution is -0.383. The van der Waals surface area contributed by atoms with E-state index in [0.29, 0.717) is 17.8 Å². The minimum Gasteiger partial charge on any atom is -0.364 e. The zero-order valence-corrected chi connectivity index (χ0v) is 11.2. The topological polar surface area (TPSA) is 117 Å². The largest absolute Gasteiger partial charge is 0.364 e. The van der Waals surface area contributed by atoms with Gasteiger partial charge in [-0.05, 0) is 31.2 Å². The summed E-state index contributed by atoms with van der Waals surface area (Å²) in [4.78, 5) is 18.5. The number of hydrogen-bond acceptors (Lipinski definition) is 7. The summed E-state index contributed by atoms with van der Waals surface area (Å²) in [6, 6.07) is 8.53. The summed E-state index contributed by atoms with van der Waals surface area (Å²) in [5.41, 5.74) is 0.882. The van der Waals surface area contributed by atoms with Gasteiger partial charge < -0.3 is 10.6 Å². The Morgan fingerprint density at radius 3 is 2.52 bits per heavy atom. The van der Waals surface area contributed by atoms with Crippen LogP contribution in [-0.2, 0) is 0 Å². The molecule has 0 fully saturated rings. The molecule has 0 radical (unpaired) electrons. The molecule has 21 heavy (non-hydrogen) atoms. The van der Waals surface area contributed by atoms with Crippen molar-refractivity contribution >= 4 is 23.0 Å². The molecule has 0 aliphatic heterocycles. The van der Waals surface area contributed by atoms with E-state index in [9.17, 15) is 10.1 Å². The predicted octanol–water partition coefficient (Wildman–Crippen LogP) is 2.43. The molecule has 106 valence electrons. The maximum atomic E-state index is 11.2. The summed E-state index contributed by atoms with van der Waals surface area (Å²) >= 11 is 0. The second-order valence-electron chi connectivity index (χ2n) is 4.02. The lowest BCUT2D eigenvalue weighted by atomic mass is 10.2. The number of nitriles is 1. The van der Waals surface area contributed by atoms with Gasteiger partial charge in [0.05, 0.1) is 16.6 Å².